The molecule has 0 atom stereocenters. The molecule has 0 radical (unpaired) electrons. The molecule has 1 aliphatic rings. The Morgan fingerprint density at radius 1 is 0.970 bits per heavy atom. The second-order valence-electron chi connectivity index (χ2n) is 7.54. The van der Waals surface area contributed by atoms with E-state index in [2.05, 4.69) is 21.2 Å². The smallest absolute Gasteiger partial charge is 0.329 e. The number of nitrogens with zero attached hydrogens (tertiary/aromatic N) is 1. The van der Waals surface area contributed by atoms with Crippen molar-refractivity contribution in [1.29, 1.82) is 0 Å². The first kappa shape index (κ1) is 24.5. The molecular weight excluding hydrogens is 467 g/mol. The van der Waals surface area contributed by atoms with Crippen LogP contribution in [0.2, 0.25) is 10.0 Å². The predicted octanol–water partition coefficient (Wildman–Crippen LogP) is 3.91. The first-order chi connectivity index (χ1) is 15.9. The zero-order chi connectivity index (χ0) is 23.6. The van der Waals surface area contributed by atoms with Crippen LogP contribution in [0.5, 0.6) is 5.75 Å². The Bertz CT molecular complexity index is 1020. The van der Waals surface area contributed by atoms with E-state index in [0.717, 1.165) is 25.7 Å². The minimum absolute atomic E-state index is 0.0477. The summed E-state index contributed by atoms with van der Waals surface area (Å²) in [5.41, 5.74) is 3.14. The SMILES string of the molecule is O=C(COc1ccc(/C=N\NC(=O)C(=O)Nc2ccc(Cl)c(Cl)c2)cc1)NC1CCCCC1. The highest BCUT2D eigenvalue weighted by atomic mass is 35.5. The second kappa shape index (κ2) is 12.2. The Labute approximate surface area is 201 Å². The molecular formula is C23H24Cl2N4O4. The normalized spacial score (nSPS) is 14.0. The van der Waals surface area contributed by atoms with Gasteiger partial charge in [0, 0.05) is 11.7 Å². The van der Waals surface area contributed by atoms with Crippen LogP contribution < -0.4 is 20.8 Å². The van der Waals surface area contributed by atoms with Gasteiger partial charge in [-0.2, -0.15) is 5.10 Å². The summed E-state index contributed by atoms with van der Waals surface area (Å²) in [7, 11) is 0. The van der Waals surface area contributed by atoms with Crippen LogP contribution in [0.4, 0.5) is 5.69 Å². The molecule has 3 rings (SSSR count). The fourth-order valence-electron chi connectivity index (χ4n) is 3.29. The summed E-state index contributed by atoms with van der Waals surface area (Å²) in [4.78, 5) is 35.8. The number of carbonyl (C=O) groups excluding carboxylic acids is 3. The molecule has 2 aromatic carbocycles. The molecule has 0 aromatic heterocycles. The van der Waals surface area contributed by atoms with Gasteiger partial charge in [0.25, 0.3) is 5.91 Å². The molecule has 1 saturated carbocycles. The number of hydrogen-bond acceptors (Lipinski definition) is 5. The lowest BCUT2D eigenvalue weighted by Crippen LogP contribution is -2.38. The number of rotatable bonds is 7. The lowest BCUT2D eigenvalue weighted by Gasteiger charge is -2.22. The highest BCUT2D eigenvalue weighted by molar-refractivity contribution is 6.42. The zero-order valence-electron chi connectivity index (χ0n) is 17.8. The van der Waals surface area contributed by atoms with Crippen molar-refractivity contribution in [2.24, 2.45) is 5.10 Å². The predicted molar refractivity (Wildman–Crippen MR) is 128 cm³/mol. The molecule has 0 saturated heterocycles. The molecule has 10 heteroatoms. The van der Waals surface area contributed by atoms with Gasteiger partial charge in [-0.05, 0) is 60.9 Å². The van der Waals surface area contributed by atoms with E-state index < -0.39 is 11.8 Å². The van der Waals surface area contributed by atoms with Gasteiger partial charge in [-0.15, -0.1) is 0 Å². The van der Waals surface area contributed by atoms with Gasteiger partial charge >= 0.3 is 11.8 Å². The van der Waals surface area contributed by atoms with E-state index in [9.17, 15) is 14.4 Å². The average molecular weight is 491 g/mol. The van der Waals surface area contributed by atoms with E-state index in [1.54, 1.807) is 24.3 Å². The third kappa shape index (κ3) is 8.07. The van der Waals surface area contributed by atoms with Crippen LogP contribution in [0, 0.1) is 0 Å². The summed E-state index contributed by atoms with van der Waals surface area (Å²) in [6.07, 6.45) is 6.95. The van der Waals surface area contributed by atoms with Crippen LogP contribution in [-0.2, 0) is 14.4 Å². The summed E-state index contributed by atoms with van der Waals surface area (Å²) in [5.74, 6) is -1.44. The molecule has 3 N–H and O–H groups in total. The van der Waals surface area contributed by atoms with E-state index in [0.29, 0.717) is 22.0 Å². The number of carbonyl (C=O) groups is 3. The Morgan fingerprint density at radius 3 is 2.39 bits per heavy atom. The first-order valence-electron chi connectivity index (χ1n) is 10.5. The van der Waals surface area contributed by atoms with Crippen LogP contribution in [0.15, 0.2) is 47.6 Å². The Kier molecular flexibility index (Phi) is 9.09. The lowest BCUT2D eigenvalue weighted by atomic mass is 9.95. The highest BCUT2D eigenvalue weighted by Crippen LogP contribution is 2.25. The van der Waals surface area contributed by atoms with Crippen molar-refractivity contribution < 1.29 is 19.1 Å². The van der Waals surface area contributed by atoms with Gasteiger partial charge in [0.15, 0.2) is 6.61 Å². The van der Waals surface area contributed by atoms with Crippen molar-refractivity contribution in [2.45, 2.75) is 38.1 Å². The summed E-state index contributed by atoms with van der Waals surface area (Å²) in [5, 5.41) is 9.75. The van der Waals surface area contributed by atoms with Gasteiger partial charge < -0.3 is 15.4 Å². The number of halogens is 2. The largest absolute Gasteiger partial charge is 0.484 e. The summed E-state index contributed by atoms with van der Waals surface area (Å²) in [6.45, 7) is -0.0477. The van der Waals surface area contributed by atoms with Gasteiger partial charge in [-0.3, -0.25) is 14.4 Å². The van der Waals surface area contributed by atoms with E-state index in [1.165, 1.54) is 30.8 Å². The zero-order valence-corrected chi connectivity index (χ0v) is 19.3. The Balaban J connectivity index is 1.40. The quantitative estimate of drug-likeness (QED) is 0.310. The minimum atomic E-state index is -0.943. The minimum Gasteiger partial charge on any atom is -0.484 e. The lowest BCUT2D eigenvalue weighted by molar-refractivity contribution is -0.136. The van der Waals surface area contributed by atoms with Crippen molar-refractivity contribution >= 4 is 52.8 Å². The van der Waals surface area contributed by atoms with Crippen LogP contribution in [0.1, 0.15) is 37.7 Å². The molecule has 8 nitrogen and oxygen atoms in total. The number of nitrogens with one attached hydrogen (secondary N) is 3. The van der Waals surface area contributed by atoms with Crippen molar-refractivity contribution in [3.8, 4) is 5.75 Å². The maximum atomic E-state index is 12.0. The van der Waals surface area contributed by atoms with Gasteiger partial charge in [0.05, 0.1) is 16.3 Å². The van der Waals surface area contributed by atoms with Crippen LogP contribution in [0.25, 0.3) is 0 Å². The summed E-state index contributed by atoms with van der Waals surface area (Å²) in [6, 6.07) is 11.5. The van der Waals surface area contributed by atoms with E-state index >= 15 is 0 Å². The number of hydrogen-bond donors (Lipinski definition) is 3. The molecule has 1 fully saturated rings. The van der Waals surface area contributed by atoms with Gasteiger partial charge in [0.1, 0.15) is 5.75 Å². The van der Waals surface area contributed by atoms with Crippen LogP contribution in [0.3, 0.4) is 0 Å². The summed E-state index contributed by atoms with van der Waals surface area (Å²) >= 11 is 11.7. The number of ether oxygens (including phenoxy) is 1. The molecule has 0 spiro atoms. The highest BCUT2D eigenvalue weighted by Gasteiger charge is 2.16. The molecule has 3 amide bonds. The number of benzene rings is 2. The monoisotopic (exact) mass is 490 g/mol. The Hall–Kier alpha value is -3.10. The molecule has 33 heavy (non-hydrogen) atoms. The molecule has 0 heterocycles. The van der Waals surface area contributed by atoms with Gasteiger partial charge in [0.2, 0.25) is 0 Å². The molecule has 1 aliphatic carbocycles. The van der Waals surface area contributed by atoms with Crippen molar-refractivity contribution in [1.82, 2.24) is 10.7 Å². The average Bonchev–Trinajstić information content (AvgIpc) is 2.81. The first-order valence-corrected chi connectivity index (χ1v) is 11.3. The van der Waals surface area contributed by atoms with Gasteiger partial charge in [-0.1, -0.05) is 42.5 Å². The topological polar surface area (TPSA) is 109 Å². The van der Waals surface area contributed by atoms with Crippen molar-refractivity contribution in [2.75, 3.05) is 11.9 Å². The third-order valence-corrected chi connectivity index (χ3v) is 5.72. The fraction of sp³-hybridized carbons (Fsp3) is 0.304. The molecule has 0 aliphatic heterocycles. The maximum Gasteiger partial charge on any atom is 0.329 e. The van der Waals surface area contributed by atoms with Crippen molar-refractivity contribution in [3.05, 3.63) is 58.1 Å². The molecule has 0 unspecified atom stereocenters. The molecule has 174 valence electrons. The molecule has 0 bridgehead atoms. The number of amides is 3. The van der Waals surface area contributed by atoms with Gasteiger partial charge in [-0.25, -0.2) is 5.43 Å². The maximum absolute atomic E-state index is 12.0. The van der Waals surface area contributed by atoms with E-state index in [1.807, 2.05) is 0 Å². The van der Waals surface area contributed by atoms with E-state index in [-0.39, 0.29) is 23.6 Å². The number of hydrazone groups is 1. The second-order valence-corrected chi connectivity index (χ2v) is 8.36. The van der Waals surface area contributed by atoms with Crippen molar-refractivity contribution in [3.63, 3.8) is 0 Å². The fourth-order valence-corrected chi connectivity index (χ4v) is 3.59. The van der Waals surface area contributed by atoms with Crippen LogP contribution >= 0.6 is 23.2 Å². The molecule has 2 aromatic rings. The van der Waals surface area contributed by atoms with E-state index in [4.69, 9.17) is 27.9 Å². The Morgan fingerprint density at radius 2 is 1.70 bits per heavy atom. The third-order valence-electron chi connectivity index (χ3n) is 4.98. The standard InChI is InChI=1S/C23H24Cl2N4O4/c24-19-11-8-17(12-20(19)25)28-22(31)23(32)29-26-13-15-6-9-18(10-7-15)33-14-21(30)27-16-4-2-1-3-5-16/h6-13,16H,1-5,14H2,(H,27,30)(H,28,31)(H,29,32)/b26-13-. The number of anilines is 1. The summed E-state index contributed by atoms with van der Waals surface area (Å²) < 4.78 is 5.51. The van der Waals surface area contributed by atoms with Crippen LogP contribution in [-0.4, -0.2) is 36.6 Å².